The van der Waals surface area contributed by atoms with E-state index in [1.54, 1.807) is 0 Å². The Bertz CT molecular complexity index is 1220. The number of hydrogen-bond acceptors (Lipinski definition) is 8. The fourth-order valence-electron chi connectivity index (χ4n) is 6.60. The normalized spacial score (nSPS) is 25.8. The average Bonchev–Trinajstić information content (AvgIpc) is 3.58. The van der Waals surface area contributed by atoms with E-state index in [4.69, 9.17) is 15.0 Å². The maximum absolute atomic E-state index is 10.4. The summed E-state index contributed by atoms with van der Waals surface area (Å²) in [4.78, 5) is 17.0. The highest BCUT2D eigenvalue weighted by molar-refractivity contribution is 5.86. The minimum absolute atomic E-state index is 0.00574. The summed E-state index contributed by atoms with van der Waals surface area (Å²) >= 11 is 0. The molecule has 3 aromatic rings. The molecule has 0 radical (unpaired) electrons. The lowest BCUT2D eigenvalue weighted by Gasteiger charge is -2.56. The van der Waals surface area contributed by atoms with E-state index >= 15 is 0 Å². The van der Waals surface area contributed by atoms with Crippen molar-refractivity contribution in [2.24, 2.45) is 5.41 Å². The molecular formula is C27H36N8O. The molecule has 2 aliphatic carbocycles. The fourth-order valence-corrected chi connectivity index (χ4v) is 6.60. The number of benzene rings is 1. The number of anilines is 3. The molecule has 0 bridgehead atoms. The number of aliphatic hydroxyl groups excluding tert-OH is 1. The number of aliphatic hydroxyl groups is 1. The smallest absolute Gasteiger partial charge is 0.227 e. The van der Waals surface area contributed by atoms with Gasteiger partial charge in [-0.25, -0.2) is 4.98 Å². The predicted molar refractivity (Wildman–Crippen MR) is 140 cm³/mol. The minimum atomic E-state index is -0.352. The maximum Gasteiger partial charge on any atom is 0.227 e. The fraction of sp³-hybridized carbons (Fsp3) is 0.593. The molecule has 36 heavy (non-hydrogen) atoms. The van der Waals surface area contributed by atoms with Crippen molar-refractivity contribution in [3.05, 3.63) is 36.2 Å². The van der Waals surface area contributed by atoms with Gasteiger partial charge in [0.25, 0.3) is 0 Å². The number of aromatic nitrogens is 4. The van der Waals surface area contributed by atoms with E-state index in [0.717, 1.165) is 42.7 Å². The van der Waals surface area contributed by atoms with Gasteiger partial charge in [0.1, 0.15) is 0 Å². The lowest BCUT2D eigenvalue weighted by molar-refractivity contribution is -0.0444. The molecule has 2 saturated carbocycles. The predicted octanol–water partition coefficient (Wildman–Crippen LogP) is 3.42. The van der Waals surface area contributed by atoms with Gasteiger partial charge in [-0.05, 0) is 49.8 Å². The second-order valence-electron chi connectivity index (χ2n) is 11.5. The van der Waals surface area contributed by atoms with E-state index in [9.17, 15) is 5.11 Å². The Hall–Kier alpha value is -2.75. The van der Waals surface area contributed by atoms with Crippen LogP contribution in [-0.4, -0.2) is 67.9 Å². The quantitative estimate of drug-likeness (QED) is 0.401. The summed E-state index contributed by atoms with van der Waals surface area (Å²) in [6.45, 7) is 5.76. The number of rotatable bonds is 7. The zero-order chi connectivity index (χ0) is 24.1. The van der Waals surface area contributed by atoms with Crippen LogP contribution in [-0.2, 0) is 6.54 Å². The standard InChI is InChI=1S/C27H36N8O/c36-22-7-3-6-21(22)31-26-32-24(23-25(33-26)35(17-29-23)20-4-1-2-5-20)30-19-10-8-18(9-11-19)12-34-15-27(16-34)13-28-14-27/h8-11,17,20-22,28,36H,1-7,12-16H2,(H2,30,31,32,33). The first-order valence-electron chi connectivity index (χ1n) is 13.6. The van der Waals surface area contributed by atoms with E-state index in [1.807, 2.05) is 6.33 Å². The van der Waals surface area contributed by atoms with Crippen LogP contribution < -0.4 is 16.0 Å². The van der Waals surface area contributed by atoms with Gasteiger partial charge in [-0.2, -0.15) is 9.97 Å². The van der Waals surface area contributed by atoms with E-state index in [0.29, 0.717) is 23.2 Å². The number of imidazole rings is 1. The molecule has 2 aliphatic heterocycles. The van der Waals surface area contributed by atoms with Crippen molar-refractivity contribution in [1.29, 1.82) is 0 Å². The van der Waals surface area contributed by atoms with Crippen molar-refractivity contribution in [2.45, 2.75) is 69.7 Å². The Morgan fingerprint density at radius 2 is 1.81 bits per heavy atom. The van der Waals surface area contributed by atoms with E-state index < -0.39 is 0 Å². The van der Waals surface area contributed by atoms with Crippen LogP contribution in [0.4, 0.5) is 17.5 Å². The first kappa shape index (κ1) is 22.4. The molecule has 2 unspecified atom stereocenters. The molecule has 4 aliphatic rings. The Balaban J connectivity index is 1.13. The van der Waals surface area contributed by atoms with Crippen LogP contribution in [0.3, 0.4) is 0 Å². The number of nitrogens with one attached hydrogen (secondary N) is 3. The third kappa shape index (κ3) is 4.13. The second kappa shape index (κ2) is 8.97. The topological polar surface area (TPSA) is 103 Å². The summed E-state index contributed by atoms with van der Waals surface area (Å²) < 4.78 is 2.23. The molecule has 2 atom stereocenters. The van der Waals surface area contributed by atoms with Crippen LogP contribution in [0.15, 0.2) is 30.6 Å². The molecule has 4 heterocycles. The summed E-state index contributed by atoms with van der Waals surface area (Å²) in [5.74, 6) is 1.27. The Morgan fingerprint density at radius 1 is 1.00 bits per heavy atom. The first-order chi connectivity index (χ1) is 17.6. The lowest BCUT2D eigenvalue weighted by atomic mass is 9.74. The van der Waals surface area contributed by atoms with Gasteiger partial charge >= 0.3 is 0 Å². The highest BCUT2D eigenvalue weighted by atomic mass is 16.3. The molecule has 0 amide bonds. The van der Waals surface area contributed by atoms with Crippen LogP contribution in [0, 0.1) is 5.41 Å². The second-order valence-corrected chi connectivity index (χ2v) is 11.5. The number of likely N-dealkylation sites (tertiary alicyclic amines) is 1. The van der Waals surface area contributed by atoms with Gasteiger partial charge in [-0.3, -0.25) is 4.90 Å². The molecule has 2 aromatic heterocycles. The van der Waals surface area contributed by atoms with Crippen molar-refractivity contribution < 1.29 is 5.11 Å². The summed E-state index contributed by atoms with van der Waals surface area (Å²) in [6.07, 6.45) is 9.19. The van der Waals surface area contributed by atoms with Gasteiger partial charge < -0.3 is 25.6 Å². The third-order valence-corrected chi connectivity index (χ3v) is 8.67. The molecule has 190 valence electrons. The van der Waals surface area contributed by atoms with Crippen LogP contribution in [0.25, 0.3) is 11.2 Å². The van der Waals surface area contributed by atoms with E-state index in [2.05, 4.69) is 49.7 Å². The average molecular weight is 489 g/mol. The van der Waals surface area contributed by atoms with Crippen LogP contribution in [0.2, 0.25) is 0 Å². The molecule has 7 rings (SSSR count). The molecule has 9 nitrogen and oxygen atoms in total. The zero-order valence-electron chi connectivity index (χ0n) is 20.8. The van der Waals surface area contributed by atoms with Gasteiger partial charge in [0.05, 0.1) is 18.5 Å². The van der Waals surface area contributed by atoms with E-state index in [-0.39, 0.29) is 12.1 Å². The van der Waals surface area contributed by atoms with Crippen LogP contribution in [0.5, 0.6) is 0 Å². The van der Waals surface area contributed by atoms with Crippen LogP contribution >= 0.6 is 0 Å². The third-order valence-electron chi connectivity index (χ3n) is 8.67. The molecule has 9 heteroatoms. The minimum Gasteiger partial charge on any atom is -0.391 e. The lowest BCUT2D eigenvalue weighted by Crippen LogP contribution is -2.70. The van der Waals surface area contributed by atoms with Crippen molar-refractivity contribution >= 4 is 28.6 Å². The van der Waals surface area contributed by atoms with Crippen LogP contribution in [0.1, 0.15) is 56.6 Å². The van der Waals surface area contributed by atoms with Gasteiger partial charge in [0.15, 0.2) is 17.0 Å². The highest BCUT2D eigenvalue weighted by Crippen LogP contribution is 2.36. The summed E-state index contributed by atoms with van der Waals surface area (Å²) in [6, 6.07) is 9.11. The molecule has 4 fully saturated rings. The Kier molecular flexibility index (Phi) is 5.59. The number of hydrogen-bond donors (Lipinski definition) is 4. The highest BCUT2D eigenvalue weighted by Gasteiger charge is 2.47. The van der Waals surface area contributed by atoms with Gasteiger partial charge in [-0.15, -0.1) is 0 Å². The Labute approximate surface area is 211 Å². The molecule has 1 spiro atoms. The molecule has 1 aromatic carbocycles. The Morgan fingerprint density at radius 3 is 2.50 bits per heavy atom. The monoisotopic (exact) mass is 488 g/mol. The zero-order valence-corrected chi connectivity index (χ0v) is 20.8. The van der Waals surface area contributed by atoms with Gasteiger partial charge in [0, 0.05) is 49.9 Å². The number of nitrogens with zero attached hydrogens (tertiary/aromatic N) is 5. The SMILES string of the molecule is OC1CCCC1Nc1nc(Nc2ccc(CN3CC4(CNC4)C3)cc2)c2ncn(C3CCCC3)c2n1. The largest absolute Gasteiger partial charge is 0.391 e. The summed E-state index contributed by atoms with van der Waals surface area (Å²) in [7, 11) is 0. The van der Waals surface area contributed by atoms with Gasteiger partial charge in [-0.1, -0.05) is 25.0 Å². The van der Waals surface area contributed by atoms with Crippen molar-refractivity contribution in [2.75, 3.05) is 36.8 Å². The van der Waals surface area contributed by atoms with Crippen molar-refractivity contribution in [1.82, 2.24) is 29.7 Å². The summed E-state index contributed by atoms with van der Waals surface area (Å²) in [5, 5.41) is 20.7. The van der Waals surface area contributed by atoms with Crippen molar-refractivity contribution in [3.8, 4) is 0 Å². The molecule has 2 saturated heterocycles. The first-order valence-corrected chi connectivity index (χ1v) is 13.6. The number of fused-ring (bicyclic) bond motifs is 1. The molecular weight excluding hydrogens is 452 g/mol. The van der Waals surface area contributed by atoms with Gasteiger partial charge in [0.2, 0.25) is 5.95 Å². The van der Waals surface area contributed by atoms with Crippen molar-refractivity contribution in [3.63, 3.8) is 0 Å². The maximum atomic E-state index is 10.4. The molecule has 4 N–H and O–H groups in total. The van der Waals surface area contributed by atoms with E-state index in [1.165, 1.54) is 57.4 Å². The summed E-state index contributed by atoms with van der Waals surface area (Å²) in [5.41, 5.74) is 4.54.